The van der Waals surface area contributed by atoms with E-state index < -0.39 is 10.0 Å². The third-order valence-corrected chi connectivity index (χ3v) is 5.59. The Morgan fingerprint density at radius 2 is 1.76 bits per heavy atom. The van der Waals surface area contributed by atoms with Gasteiger partial charge in [-0.1, -0.05) is 25.5 Å². The van der Waals surface area contributed by atoms with Gasteiger partial charge >= 0.3 is 0 Å². The third kappa shape index (κ3) is 4.80. The van der Waals surface area contributed by atoms with E-state index in [1.165, 1.54) is 0 Å². The van der Waals surface area contributed by atoms with E-state index in [9.17, 15) is 13.5 Å². The van der Waals surface area contributed by atoms with E-state index in [4.69, 9.17) is 0 Å². The second-order valence-electron chi connectivity index (χ2n) is 5.92. The molecule has 0 unspecified atom stereocenters. The van der Waals surface area contributed by atoms with E-state index in [1.807, 2.05) is 12.1 Å². The number of hydrogen-bond acceptors (Lipinski definition) is 3. The normalized spacial score (nSPS) is 23.1. The topological polar surface area (TPSA) is 66.4 Å². The van der Waals surface area contributed by atoms with Crippen molar-refractivity contribution in [2.45, 2.75) is 56.4 Å². The van der Waals surface area contributed by atoms with E-state index in [2.05, 4.69) is 11.6 Å². The van der Waals surface area contributed by atoms with Crippen LogP contribution >= 0.6 is 0 Å². The van der Waals surface area contributed by atoms with Crippen LogP contribution in [0.3, 0.4) is 0 Å². The molecule has 0 spiro atoms. The van der Waals surface area contributed by atoms with Gasteiger partial charge in [-0.25, -0.2) is 13.1 Å². The Balaban J connectivity index is 1.91. The molecule has 0 amide bonds. The number of aliphatic hydroxyl groups is 1. The predicted molar refractivity (Wildman–Crippen MR) is 83.6 cm³/mol. The Bertz CT molecular complexity index is 531. The average molecular weight is 311 g/mol. The minimum absolute atomic E-state index is 0.205. The summed E-state index contributed by atoms with van der Waals surface area (Å²) in [5.74, 6) is 0.336. The van der Waals surface area contributed by atoms with Gasteiger partial charge in [0, 0.05) is 6.54 Å². The van der Waals surface area contributed by atoms with Crippen molar-refractivity contribution in [3.05, 3.63) is 29.8 Å². The van der Waals surface area contributed by atoms with E-state index in [0.29, 0.717) is 17.4 Å². The van der Waals surface area contributed by atoms with Crippen LogP contribution in [0.15, 0.2) is 29.2 Å². The summed E-state index contributed by atoms with van der Waals surface area (Å²) in [5, 5.41) is 9.46. The summed E-state index contributed by atoms with van der Waals surface area (Å²) in [6.07, 6.45) is 5.15. The van der Waals surface area contributed by atoms with Crippen molar-refractivity contribution in [2.24, 2.45) is 5.92 Å². The van der Waals surface area contributed by atoms with Crippen LogP contribution in [0.25, 0.3) is 0 Å². The number of rotatable bonds is 6. The highest BCUT2D eigenvalue weighted by Crippen LogP contribution is 2.24. The summed E-state index contributed by atoms with van der Waals surface area (Å²) in [7, 11) is -3.42. The molecule has 0 aliphatic heterocycles. The third-order valence-electron chi connectivity index (χ3n) is 4.15. The van der Waals surface area contributed by atoms with Crippen LogP contribution < -0.4 is 4.72 Å². The SMILES string of the molecule is CCCc1ccc(S(=O)(=O)NCC2CCC(O)CC2)cc1. The summed E-state index contributed by atoms with van der Waals surface area (Å²) >= 11 is 0. The fraction of sp³-hybridized carbons (Fsp3) is 0.625. The molecule has 0 atom stereocenters. The van der Waals surface area contributed by atoms with Crippen LogP contribution in [0.1, 0.15) is 44.6 Å². The summed E-state index contributed by atoms with van der Waals surface area (Å²) in [6, 6.07) is 7.12. The van der Waals surface area contributed by atoms with Crippen molar-refractivity contribution < 1.29 is 13.5 Å². The minimum Gasteiger partial charge on any atom is -0.393 e. The summed E-state index contributed by atoms with van der Waals surface area (Å²) < 4.78 is 27.2. The van der Waals surface area contributed by atoms with Crippen molar-refractivity contribution in [1.29, 1.82) is 0 Å². The highest BCUT2D eigenvalue weighted by molar-refractivity contribution is 7.89. The molecule has 4 nitrogen and oxygen atoms in total. The molecule has 0 aromatic heterocycles. The number of benzene rings is 1. The molecule has 1 aliphatic rings. The maximum Gasteiger partial charge on any atom is 0.240 e. The molecule has 0 bridgehead atoms. The quantitative estimate of drug-likeness (QED) is 0.848. The second kappa shape index (κ2) is 7.38. The maximum absolute atomic E-state index is 12.2. The van der Waals surface area contributed by atoms with Crippen molar-refractivity contribution in [3.63, 3.8) is 0 Å². The monoisotopic (exact) mass is 311 g/mol. The average Bonchev–Trinajstić information content (AvgIpc) is 2.48. The minimum atomic E-state index is -3.42. The van der Waals surface area contributed by atoms with E-state index >= 15 is 0 Å². The van der Waals surface area contributed by atoms with Gasteiger partial charge in [-0.05, 0) is 55.7 Å². The lowest BCUT2D eigenvalue weighted by Gasteiger charge is -2.25. The number of aliphatic hydroxyl groups excluding tert-OH is 1. The number of hydrogen-bond donors (Lipinski definition) is 2. The van der Waals surface area contributed by atoms with E-state index in [-0.39, 0.29) is 6.10 Å². The van der Waals surface area contributed by atoms with Crippen molar-refractivity contribution in [2.75, 3.05) is 6.54 Å². The Morgan fingerprint density at radius 3 is 2.33 bits per heavy atom. The summed E-state index contributed by atoms with van der Waals surface area (Å²) in [6.45, 7) is 2.57. The lowest BCUT2D eigenvalue weighted by Crippen LogP contribution is -2.32. The van der Waals surface area contributed by atoms with Gasteiger partial charge in [0.25, 0.3) is 0 Å². The van der Waals surface area contributed by atoms with Crippen LogP contribution in [0.5, 0.6) is 0 Å². The van der Waals surface area contributed by atoms with Crippen molar-refractivity contribution in [3.8, 4) is 0 Å². The highest BCUT2D eigenvalue weighted by atomic mass is 32.2. The van der Waals surface area contributed by atoms with Gasteiger partial charge in [0.15, 0.2) is 0 Å². The fourth-order valence-electron chi connectivity index (χ4n) is 2.78. The molecule has 2 N–H and O–H groups in total. The molecule has 1 aliphatic carbocycles. The van der Waals surface area contributed by atoms with Gasteiger partial charge in [0.05, 0.1) is 11.0 Å². The molecule has 1 aromatic carbocycles. The van der Waals surface area contributed by atoms with E-state index in [0.717, 1.165) is 44.1 Å². The Hall–Kier alpha value is -0.910. The standard InChI is InChI=1S/C16H25NO3S/c1-2-3-13-6-10-16(11-7-13)21(19,20)17-12-14-4-8-15(18)9-5-14/h6-7,10-11,14-15,17-18H,2-5,8-9,12H2,1H3. The van der Waals surface area contributed by atoms with Gasteiger partial charge in [-0.2, -0.15) is 0 Å². The number of aryl methyl sites for hydroxylation is 1. The molecular weight excluding hydrogens is 286 g/mol. The molecular formula is C16H25NO3S. The fourth-order valence-corrected chi connectivity index (χ4v) is 3.90. The zero-order valence-corrected chi connectivity index (χ0v) is 13.4. The largest absolute Gasteiger partial charge is 0.393 e. The Labute approximate surface area is 127 Å². The molecule has 5 heteroatoms. The number of sulfonamides is 1. The highest BCUT2D eigenvalue weighted by Gasteiger charge is 2.21. The van der Waals surface area contributed by atoms with Crippen LogP contribution in [-0.4, -0.2) is 26.2 Å². The molecule has 0 saturated heterocycles. The van der Waals surface area contributed by atoms with Gasteiger partial charge in [-0.15, -0.1) is 0 Å². The molecule has 118 valence electrons. The number of nitrogens with one attached hydrogen (secondary N) is 1. The molecule has 0 radical (unpaired) electrons. The first-order valence-corrected chi connectivity index (χ1v) is 9.26. The van der Waals surface area contributed by atoms with Gasteiger partial charge in [0.2, 0.25) is 10.0 Å². The first-order valence-electron chi connectivity index (χ1n) is 7.78. The Kier molecular flexibility index (Phi) is 5.79. The summed E-state index contributed by atoms with van der Waals surface area (Å²) in [5.41, 5.74) is 1.16. The molecule has 1 saturated carbocycles. The maximum atomic E-state index is 12.2. The lowest BCUT2D eigenvalue weighted by molar-refractivity contribution is 0.109. The molecule has 2 rings (SSSR count). The molecule has 0 heterocycles. The second-order valence-corrected chi connectivity index (χ2v) is 7.69. The van der Waals surface area contributed by atoms with Crippen molar-refractivity contribution >= 4 is 10.0 Å². The zero-order valence-electron chi connectivity index (χ0n) is 12.6. The molecule has 1 aromatic rings. The zero-order chi connectivity index (χ0) is 15.3. The Morgan fingerprint density at radius 1 is 1.14 bits per heavy atom. The van der Waals surface area contributed by atoms with Crippen LogP contribution in [0, 0.1) is 5.92 Å². The lowest BCUT2D eigenvalue weighted by atomic mass is 9.88. The first-order chi connectivity index (χ1) is 10.0. The van der Waals surface area contributed by atoms with Gasteiger partial charge < -0.3 is 5.11 Å². The van der Waals surface area contributed by atoms with Gasteiger partial charge in [0.1, 0.15) is 0 Å². The van der Waals surface area contributed by atoms with E-state index in [1.54, 1.807) is 12.1 Å². The molecule has 21 heavy (non-hydrogen) atoms. The van der Waals surface area contributed by atoms with Gasteiger partial charge in [-0.3, -0.25) is 0 Å². The van der Waals surface area contributed by atoms with Crippen LogP contribution in [-0.2, 0) is 16.4 Å². The smallest absolute Gasteiger partial charge is 0.240 e. The van der Waals surface area contributed by atoms with Crippen LogP contribution in [0.4, 0.5) is 0 Å². The molecule has 1 fully saturated rings. The predicted octanol–water partition coefficient (Wildman–Crippen LogP) is 2.47. The van der Waals surface area contributed by atoms with Crippen molar-refractivity contribution in [1.82, 2.24) is 4.72 Å². The first kappa shape index (κ1) is 16.5. The summed E-state index contributed by atoms with van der Waals surface area (Å²) in [4.78, 5) is 0.332. The van der Waals surface area contributed by atoms with Crippen LogP contribution in [0.2, 0.25) is 0 Å².